The van der Waals surface area contributed by atoms with E-state index in [-0.39, 0.29) is 5.69 Å². The number of aromatic amines is 1. The Hall–Kier alpha value is -2.68. The number of aryl methyl sites for hydroxylation is 2. The number of benzene rings is 2. The molecule has 22 heavy (non-hydrogen) atoms. The van der Waals surface area contributed by atoms with Gasteiger partial charge in [0.05, 0.1) is 11.4 Å². The molecule has 0 fully saturated rings. The van der Waals surface area contributed by atoms with E-state index in [4.69, 9.17) is 0 Å². The largest absolute Gasteiger partial charge is 0.345 e. The molecular formula is C19H16N2O. The van der Waals surface area contributed by atoms with Crippen LogP contribution in [0.5, 0.6) is 0 Å². The van der Waals surface area contributed by atoms with Gasteiger partial charge in [0.2, 0.25) is 0 Å². The van der Waals surface area contributed by atoms with Crippen LogP contribution < -0.4 is 5.69 Å². The lowest BCUT2D eigenvalue weighted by Gasteiger charge is -2.21. The van der Waals surface area contributed by atoms with Gasteiger partial charge in [-0.05, 0) is 25.3 Å². The first-order chi connectivity index (χ1) is 10.7. The van der Waals surface area contributed by atoms with Crippen LogP contribution in [0.15, 0.2) is 53.3 Å². The average Bonchev–Trinajstić information content (AvgIpc) is 2.55. The van der Waals surface area contributed by atoms with Gasteiger partial charge in [0.1, 0.15) is 0 Å². The molecule has 3 heteroatoms. The highest BCUT2D eigenvalue weighted by Crippen LogP contribution is 2.35. The summed E-state index contributed by atoms with van der Waals surface area (Å²) in [6.45, 7) is 2.06. The lowest BCUT2D eigenvalue weighted by atomic mass is 9.87. The molecule has 3 aromatic rings. The standard InChI is InChI=1S/C19H16N2O/c1-12-6-8-14(9-7-12)17-16-11-10-13-4-2-3-5-15(13)18(16)21-19(22)20-17/h2-9H,10-11H2,1H3,(H,20,21,22). The van der Waals surface area contributed by atoms with Crippen molar-refractivity contribution in [3.63, 3.8) is 0 Å². The predicted octanol–water partition coefficient (Wildman–Crippen LogP) is 3.51. The molecule has 3 nitrogen and oxygen atoms in total. The quantitative estimate of drug-likeness (QED) is 0.744. The van der Waals surface area contributed by atoms with E-state index in [9.17, 15) is 4.79 Å². The van der Waals surface area contributed by atoms with Crippen molar-refractivity contribution in [1.29, 1.82) is 0 Å². The van der Waals surface area contributed by atoms with E-state index >= 15 is 0 Å². The van der Waals surface area contributed by atoms with Gasteiger partial charge in [-0.2, -0.15) is 4.98 Å². The van der Waals surface area contributed by atoms with Gasteiger partial charge in [0.25, 0.3) is 0 Å². The minimum Gasteiger partial charge on any atom is -0.305 e. The van der Waals surface area contributed by atoms with Gasteiger partial charge in [-0.1, -0.05) is 54.1 Å². The third kappa shape index (κ3) is 2.06. The number of nitrogens with zero attached hydrogens (tertiary/aromatic N) is 1. The summed E-state index contributed by atoms with van der Waals surface area (Å²) >= 11 is 0. The van der Waals surface area contributed by atoms with Crippen LogP contribution >= 0.6 is 0 Å². The van der Waals surface area contributed by atoms with Gasteiger partial charge >= 0.3 is 5.69 Å². The van der Waals surface area contributed by atoms with Crippen molar-refractivity contribution in [3.8, 4) is 22.5 Å². The molecule has 0 bridgehead atoms. The summed E-state index contributed by atoms with van der Waals surface area (Å²) < 4.78 is 0. The SMILES string of the molecule is Cc1ccc(-c2nc(=O)[nH]c3c2CCc2ccccc2-3)cc1. The van der Waals surface area contributed by atoms with Gasteiger partial charge in [-0.3, -0.25) is 0 Å². The van der Waals surface area contributed by atoms with Crippen molar-refractivity contribution >= 4 is 0 Å². The second-order valence-corrected chi connectivity index (χ2v) is 5.77. The highest BCUT2D eigenvalue weighted by molar-refractivity contribution is 5.76. The van der Waals surface area contributed by atoms with Crippen LogP contribution in [0.3, 0.4) is 0 Å². The molecule has 1 aliphatic rings. The van der Waals surface area contributed by atoms with Crippen LogP contribution in [0.25, 0.3) is 22.5 Å². The normalized spacial score (nSPS) is 12.6. The number of nitrogens with one attached hydrogen (secondary N) is 1. The number of hydrogen-bond donors (Lipinski definition) is 1. The number of rotatable bonds is 1. The summed E-state index contributed by atoms with van der Waals surface area (Å²) in [6, 6.07) is 16.4. The van der Waals surface area contributed by atoms with Crippen molar-refractivity contribution in [1.82, 2.24) is 9.97 Å². The lowest BCUT2D eigenvalue weighted by Crippen LogP contribution is -2.18. The molecule has 0 saturated heterocycles. The minimum absolute atomic E-state index is 0.286. The summed E-state index contributed by atoms with van der Waals surface area (Å²) in [6.07, 6.45) is 1.88. The van der Waals surface area contributed by atoms with Crippen molar-refractivity contribution in [3.05, 3.63) is 75.7 Å². The zero-order chi connectivity index (χ0) is 15.1. The topological polar surface area (TPSA) is 45.8 Å². The maximum atomic E-state index is 12.0. The third-order valence-electron chi connectivity index (χ3n) is 4.29. The molecule has 1 N–H and O–H groups in total. The molecule has 1 aliphatic carbocycles. The Labute approximate surface area is 128 Å². The van der Waals surface area contributed by atoms with Crippen LogP contribution in [0, 0.1) is 6.92 Å². The number of H-pyrrole nitrogens is 1. The molecule has 1 heterocycles. The van der Waals surface area contributed by atoms with Crippen LogP contribution in [0.4, 0.5) is 0 Å². The van der Waals surface area contributed by atoms with Crippen molar-refractivity contribution < 1.29 is 0 Å². The smallest absolute Gasteiger partial charge is 0.305 e. The van der Waals surface area contributed by atoms with E-state index < -0.39 is 0 Å². The molecule has 4 rings (SSSR count). The zero-order valence-corrected chi connectivity index (χ0v) is 12.4. The molecule has 0 radical (unpaired) electrons. The molecule has 0 amide bonds. The first kappa shape index (κ1) is 13.0. The summed E-state index contributed by atoms with van der Waals surface area (Å²) in [5, 5.41) is 0. The summed E-state index contributed by atoms with van der Waals surface area (Å²) in [7, 11) is 0. The fraction of sp³-hybridized carbons (Fsp3) is 0.158. The van der Waals surface area contributed by atoms with E-state index in [2.05, 4.69) is 41.2 Å². The van der Waals surface area contributed by atoms with E-state index in [0.717, 1.165) is 40.9 Å². The molecule has 0 aliphatic heterocycles. The fourth-order valence-electron chi connectivity index (χ4n) is 3.16. The molecule has 0 saturated carbocycles. The Morgan fingerprint density at radius 3 is 2.59 bits per heavy atom. The van der Waals surface area contributed by atoms with E-state index in [1.807, 2.05) is 24.3 Å². The Bertz CT molecular complexity index is 907. The maximum absolute atomic E-state index is 12.0. The highest BCUT2D eigenvalue weighted by Gasteiger charge is 2.21. The molecule has 2 aromatic carbocycles. The molecule has 0 spiro atoms. The van der Waals surface area contributed by atoms with Crippen molar-refractivity contribution in [2.75, 3.05) is 0 Å². The number of hydrogen-bond acceptors (Lipinski definition) is 2. The first-order valence-electron chi connectivity index (χ1n) is 7.51. The van der Waals surface area contributed by atoms with Crippen LogP contribution in [0.2, 0.25) is 0 Å². The van der Waals surface area contributed by atoms with Gasteiger partial charge in [-0.25, -0.2) is 4.79 Å². The molecule has 0 atom stereocenters. The summed E-state index contributed by atoms with van der Waals surface area (Å²) in [4.78, 5) is 19.2. The number of fused-ring (bicyclic) bond motifs is 3. The van der Waals surface area contributed by atoms with Crippen molar-refractivity contribution in [2.24, 2.45) is 0 Å². The minimum atomic E-state index is -0.286. The predicted molar refractivity (Wildman–Crippen MR) is 87.9 cm³/mol. The monoisotopic (exact) mass is 288 g/mol. The Kier molecular flexibility index (Phi) is 2.93. The van der Waals surface area contributed by atoms with Gasteiger partial charge in [0.15, 0.2) is 0 Å². The lowest BCUT2D eigenvalue weighted by molar-refractivity contribution is 0.902. The highest BCUT2D eigenvalue weighted by atomic mass is 16.1. The van der Waals surface area contributed by atoms with E-state index in [1.54, 1.807) is 0 Å². The summed E-state index contributed by atoms with van der Waals surface area (Å²) in [5.74, 6) is 0. The Balaban J connectivity index is 1.98. The van der Waals surface area contributed by atoms with E-state index in [1.165, 1.54) is 11.1 Å². The van der Waals surface area contributed by atoms with Gasteiger partial charge in [-0.15, -0.1) is 0 Å². The molecule has 108 valence electrons. The molecule has 1 aromatic heterocycles. The molecular weight excluding hydrogens is 272 g/mol. The molecule has 0 unspecified atom stereocenters. The van der Waals surface area contributed by atoms with Crippen LogP contribution in [-0.4, -0.2) is 9.97 Å². The Morgan fingerprint density at radius 1 is 1.00 bits per heavy atom. The number of aromatic nitrogens is 2. The third-order valence-corrected chi connectivity index (χ3v) is 4.29. The van der Waals surface area contributed by atoms with Crippen LogP contribution in [0.1, 0.15) is 16.7 Å². The van der Waals surface area contributed by atoms with Crippen molar-refractivity contribution in [2.45, 2.75) is 19.8 Å². The zero-order valence-electron chi connectivity index (χ0n) is 12.4. The van der Waals surface area contributed by atoms with E-state index in [0.29, 0.717) is 0 Å². The fourth-order valence-corrected chi connectivity index (χ4v) is 3.16. The van der Waals surface area contributed by atoms with Gasteiger partial charge < -0.3 is 4.98 Å². The first-order valence-corrected chi connectivity index (χ1v) is 7.51. The maximum Gasteiger partial charge on any atom is 0.345 e. The second kappa shape index (κ2) is 4.95. The average molecular weight is 288 g/mol. The Morgan fingerprint density at radius 2 is 1.77 bits per heavy atom. The van der Waals surface area contributed by atoms with Gasteiger partial charge in [0, 0.05) is 16.7 Å². The summed E-state index contributed by atoms with van der Waals surface area (Å²) in [5.41, 5.74) is 7.21. The van der Waals surface area contributed by atoms with Crippen LogP contribution in [-0.2, 0) is 12.8 Å². The second-order valence-electron chi connectivity index (χ2n) is 5.77.